The standard InChI is InChI=1S/C28H26ClNO5/c1-27(2)12-11-16-13-17(5-9-23(16)35-27)28(3)21-14-18(29)6-8-22(21)30(26(28)33)19-7-10-24(34-4)20(15-19)25(31)32/h5-10,13-15H,11-12H2,1-4H3,(H,31,32)/t28-/m1/s1. The van der Waals surface area contributed by atoms with Crippen LogP contribution in [0.5, 0.6) is 11.5 Å². The van der Waals surface area contributed by atoms with Crippen LogP contribution in [0.1, 0.15) is 54.2 Å². The smallest absolute Gasteiger partial charge is 0.339 e. The molecule has 0 saturated heterocycles. The second-order valence-electron chi connectivity index (χ2n) is 9.80. The van der Waals surface area contributed by atoms with E-state index in [1.54, 1.807) is 29.2 Å². The topological polar surface area (TPSA) is 76.1 Å². The maximum Gasteiger partial charge on any atom is 0.339 e. The number of aryl methyl sites for hydroxylation is 1. The van der Waals surface area contributed by atoms with E-state index < -0.39 is 11.4 Å². The molecule has 3 aromatic rings. The van der Waals surface area contributed by atoms with Crippen LogP contribution in [-0.4, -0.2) is 29.7 Å². The monoisotopic (exact) mass is 491 g/mol. The number of carboxylic acid groups (broad SMARTS) is 1. The minimum atomic E-state index is -1.13. The van der Waals surface area contributed by atoms with E-state index in [2.05, 4.69) is 13.8 Å². The fourth-order valence-corrected chi connectivity index (χ4v) is 5.23. The highest BCUT2D eigenvalue weighted by molar-refractivity contribution is 6.31. The van der Waals surface area contributed by atoms with Crippen molar-refractivity contribution in [3.63, 3.8) is 0 Å². The normalized spacial score (nSPS) is 20.1. The average Bonchev–Trinajstić information content (AvgIpc) is 3.05. The zero-order valence-corrected chi connectivity index (χ0v) is 20.8. The predicted octanol–water partition coefficient (Wildman–Crippen LogP) is 6.13. The van der Waals surface area contributed by atoms with Crippen LogP contribution in [0.25, 0.3) is 0 Å². The van der Waals surface area contributed by atoms with Crippen molar-refractivity contribution in [1.82, 2.24) is 0 Å². The largest absolute Gasteiger partial charge is 0.496 e. The molecule has 7 heteroatoms. The Labute approximate surface area is 209 Å². The number of methoxy groups -OCH3 is 1. The molecule has 0 bridgehead atoms. The maximum absolute atomic E-state index is 14.2. The molecule has 1 N–H and O–H groups in total. The number of halogens is 1. The van der Waals surface area contributed by atoms with Gasteiger partial charge in [0.2, 0.25) is 5.91 Å². The number of carboxylic acids is 1. The Morgan fingerprint density at radius 1 is 1.09 bits per heavy atom. The van der Waals surface area contributed by atoms with Crippen LogP contribution < -0.4 is 14.4 Å². The van der Waals surface area contributed by atoms with E-state index in [1.807, 2.05) is 31.2 Å². The van der Waals surface area contributed by atoms with Crippen LogP contribution in [0.4, 0.5) is 11.4 Å². The summed E-state index contributed by atoms with van der Waals surface area (Å²) in [7, 11) is 1.41. The molecule has 5 rings (SSSR count). The van der Waals surface area contributed by atoms with Crippen molar-refractivity contribution in [2.45, 2.75) is 44.6 Å². The van der Waals surface area contributed by atoms with E-state index in [4.69, 9.17) is 21.1 Å². The predicted molar refractivity (Wildman–Crippen MR) is 134 cm³/mol. The van der Waals surface area contributed by atoms with E-state index in [-0.39, 0.29) is 22.8 Å². The van der Waals surface area contributed by atoms with Gasteiger partial charge in [-0.2, -0.15) is 0 Å². The Morgan fingerprint density at radius 2 is 1.86 bits per heavy atom. The third kappa shape index (κ3) is 3.64. The third-order valence-electron chi connectivity index (χ3n) is 7.06. The first-order valence-electron chi connectivity index (χ1n) is 11.4. The van der Waals surface area contributed by atoms with E-state index in [9.17, 15) is 14.7 Å². The summed E-state index contributed by atoms with van der Waals surface area (Å²) in [4.78, 5) is 27.6. The number of rotatable bonds is 4. The van der Waals surface area contributed by atoms with Crippen molar-refractivity contribution in [2.75, 3.05) is 12.0 Å². The van der Waals surface area contributed by atoms with E-state index in [0.717, 1.165) is 35.3 Å². The number of hydrogen-bond donors (Lipinski definition) is 1. The lowest BCUT2D eigenvalue weighted by molar-refractivity contribution is -0.120. The molecular weight excluding hydrogens is 466 g/mol. The van der Waals surface area contributed by atoms with Crippen molar-refractivity contribution in [1.29, 1.82) is 0 Å². The van der Waals surface area contributed by atoms with Crippen molar-refractivity contribution < 1.29 is 24.2 Å². The number of benzene rings is 3. The minimum absolute atomic E-state index is 0.0181. The number of fused-ring (bicyclic) bond motifs is 2. The van der Waals surface area contributed by atoms with E-state index >= 15 is 0 Å². The maximum atomic E-state index is 14.2. The van der Waals surface area contributed by atoms with Crippen LogP contribution in [0.15, 0.2) is 54.6 Å². The molecule has 35 heavy (non-hydrogen) atoms. The summed E-state index contributed by atoms with van der Waals surface area (Å²) in [5.41, 5.74) is 2.51. The minimum Gasteiger partial charge on any atom is -0.496 e. The zero-order chi connectivity index (χ0) is 25.1. The second-order valence-corrected chi connectivity index (χ2v) is 10.2. The summed E-state index contributed by atoms with van der Waals surface area (Å²) in [5, 5.41) is 10.2. The van der Waals surface area contributed by atoms with Gasteiger partial charge in [0.15, 0.2) is 0 Å². The van der Waals surface area contributed by atoms with Gasteiger partial charge in [-0.05, 0) is 92.8 Å². The van der Waals surface area contributed by atoms with Crippen LogP contribution in [-0.2, 0) is 16.6 Å². The number of carbonyl (C=O) groups excluding carboxylic acids is 1. The Bertz CT molecular complexity index is 1380. The number of aromatic carboxylic acids is 1. The summed E-state index contributed by atoms with van der Waals surface area (Å²) < 4.78 is 11.3. The van der Waals surface area contributed by atoms with Crippen LogP contribution in [0.2, 0.25) is 5.02 Å². The zero-order valence-electron chi connectivity index (χ0n) is 20.0. The van der Waals surface area contributed by atoms with Crippen LogP contribution in [0, 0.1) is 0 Å². The second kappa shape index (κ2) is 8.02. The average molecular weight is 492 g/mol. The number of anilines is 2. The van der Waals surface area contributed by atoms with Gasteiger partial charge in [-0.25, -0.2) is 4.79 Å². The molecule has 180 valence electrons. The third-order valence-corrected chi connectivity index (χ3v) is 7.30. The number of hydrogen-bond acceptors (Lipinski definition) is 4. The van der Waals surface area contributed by atoms with Gasteiger partial charge >= 0.3 is 5.97 Å². The fourth-order valence-electron chi connectivity index (χ4n) is 5.06. The lowest BCUT2D eigenvalue weighted by Gasteiger charge is -2.34. The highest BCUT2D eigenvalue weighted by Crippen LogP contribution is 2.51. The van der Waals surface area contributed by atoms with E-state index in [0.29, 0.717) is 16.4 Å². The number of ether oxygens (including phenoxy) is 2. The lowest BCUT2D eigenvalue weighted by atomic mass is 9.76. The van der Waals surface area contributed by atoms with Gasteiger partial charge in [0.05, 0.1) is 23.9 Å². The molecule has 0 radical (unpaired) electrons. The van der Waals surface area contributed by atoms with Gasteiger partial charge in [-0.15, -0.1) is 0 Å². The SMILES string of the molecule is COc1ccc(N2C(=O)[C@](C)(c3ccc4c(c3)CCC(C)(C)O4)c3cc(Cl)ccc32)cc1C(=O)O. The van der Waals surface area contributed by atoms with Crippen molar-refractivity contribution in [2.24, 2.45) is 0 Å². The Hall–Kier alpha value is -3.51. The van der Waals surface area contributed by atoms with Gasteiger partial charge < -0.3 is 14.6 Å². The molecular formula is C28H26ClNO5. The first-order valence-corrected chi connectivity index (χ1v) is 11.8. The molecule has 2 heterocycles. The van der Waals surface area contributed by atoms with Gasteiger partial charge in [-0.1, -0.05) is 23.7 Å². The highest BCUT2D eigenvalue weighted by Gasteiger charge is 2.50. The fraction of sp³-hybridized carbons (Fsp3) is 0.286. The molecule has 3 aromatic carbocycles. The molecule has 6 nitrogen and oxygen atoms in total. The number of nitrogens with zero attached hydrogens (tertiary/aromatic N) is 1. The molecule has 0 unspecified atom stereocenters. The molecule has 2 aliphatic heterocycles. The van der Waals surface area contributed by atoms with Gasteiger partial charge in [0.25, 0.3) is 0 Å². The van der Waals surface area contributed by atoms with E-state index in [1.165, 1.54) is 13.2 Å². The molecule has 0 fully saturated rings. The van der Waals surface area contributed by atoms with Crippen molar-refractivity contribution in [3.05, 3.63) is 81.9 Å². The highest BCUT2D eigenvalue weighted by atomic mass is 35.5. The van der Waals surface area contributed by atoms with Crippen LogP contribution >= 0.6 is 11.6 Å². The first-order chi connectivity index (χ1) is 16.5. The molecule has 1 atom stereocenters. The molecule has 2 aliphatic rings. The summed E-state index contributed by atoms with van der Waals surface area (Å²) in [6.45, 7) is 6.03. The van der Waals surface area contributed by atoms with Crippen LogP contribution in [0.3, 0.4) is 0 Å². The number of amides is 1. The lowest BCUT2D eigenvalue weighted by Crippen LogP contribution is -2.37. The molecule has 0 aromatic heterocycles. The summed E-state index contributed by atoms with van der Waals surface area (Å²) in [5.74, 6) is -0.256. The molecule has 0 saturated carbocycles. The van der Waals surface area contributed by atoms with Crippen molar-refractivity contribution in [3.8, 4) is 11.5 Å². The Morgan fingerprint density at radius 3 is 2.57 bits per heavy atom. The summed E-state index contributed by atoms with van der Waals surface area (Å²) >= 11 is 6.39. The number of carbonyl (C=O) groups is 2. The van der Waals surface area contributed by atoms with Gasteiger partial charge in [-0.3, -0.25) is 9.69 Å². The van der Waals surface area contributed by atoms with Gasteiger partial charge in [0.1, 0.15) is 22.7 Å². The summed E-state index contributed by atoms with van der Waals surface area (Å²) in [6.07, 6.45) is 1.74. The quantitative estimate of drug-likeness (QED) is 0.474. The molecule has 1 amide bonds. The van der Waals surface area contributed by atoms with Gasteiger partial charge in [0, 0.05) is 5.02 Å². The van der Waals surface area contributed by atoms with Crippen molar-refractivity contribution >= 4 is 34.9 Å². The Balaban J connectivity index is 1.66. The first kappa shape index (κ1) is 23.2. The molecule has 0 spiro atoms. The summed E-state index contributed by atoms with van der Waals surface area (Å²) in [6, 6.07) is 16.0. The Kier molecular flexibility index (Phi) is 5.33. The molecule has 0 aliphatic carbocycles.